The molecule has 1 fully saturated rings. The summed E-state index contributed by atoms with van der Waals surface area (Å²) in [5.74, 6) is 0.869. The minimum absolute atomic E-state index is 0.0866. The fourth-order valence-corrected chi connectivity index (χ4v) is 4.89. The summed E-state index contributed by atoms with van der Waals surface area (Å²) in [6.07, 6.45) is 2.65. The Hall–Kier alpha value is -2.45. The maximum atomic E-state index is 13.0. The Bertz CT molecular complexity index is 895. The van der Waals surface area contributed by atoms with Crippen LogP contribution in [0.4, 0.5) is 5.69 Å². The van der Waals surface area contributed by atoms with Crippen molar-refractivity contribution in [3.8, 4) is 5.75 Å². The number of sulfonamides is 1. The van der Waals surface area contributed by atoms with Gasteiger partial charge in [-0.05, 0) is 48.6 Å². The zero-order chi connectivity index (χ0) is 19.4. The quantitative estimate of drug-likeness (QED) is 0.575. The molecular weight excluding hydrogens is 368 g/mol. The molecule has 7 nitrogen and oxygen atoms in total. The first-order valence-corrected chi connectivity index (χ1v) is 10.2. The number of rotatable bonds is 5. The van der Waals surface area contributed by atoms with Crippen molar-refractivity contribution in [1.82, 2.24) is 4.31 Å². The number of hydrogen-bond acceptors (Lipinski definition) is 5. The average Bonchev–Trinajstić information content (AvgIpc) is 2.95. The molecule has 1 aliphatic rings. The van der Waals surface area contributed by atoms with E-state index in [1.165, 1.54) is 28.6 Å². The lowest BCUT2D eigenvalue weighted by Crippen LogP contribution is -2.34. The molecule has 0 amide bonds. The van der Waals surface area contributed by atoms with Gasteiger partial charge < -0.3 is 4.74 Å². The van der Waals surface area contributed by atoms with Crippen LogP contribution in [-0.4, -0.2) is 37.8 Å². The van der Waals surface area contributed by atoms with Gasteiger partial charge in [-0.1, -0.05) is 18.6 Å². The van der Waals surface area contributed by atoms with Crippen LogP contribution in [-0.2, 0) is 10.0 Å². The summed E-state index contributed by atoms with van der Waals surface area (Å²) in [7, 11) is -2.09. The molecule has 1 atom stereocenters. The molecule has 3 rings (SSSR count). The van der Waals surface area contributed by atoms with E-state index in [1.54, 1.807) is 7.11 Å². The standard InChI is InChI=1S/C19H22N2O5S/c1-26-18-9-5-15(6-10-18)16-4-2-3-13-20(14-16)27(24,25)19-11-7-17(8-12-19)21(22)23/h5-12,16H,2-4,13-14H2,1H3. The predicted molar refractivity (Wildman–Crippen MR) is 101 cm³/mol. The topological polar surface area (TPSA) is 89.8 Å². The summed E-state index contributed by atoms with van der Waals surface area (Å²) in [6, 6.07) is 12.8. The lowest BCUT2D eigenvalue weighted by atomic mass is 9.94. The van der Waals surface area contributed by atoms with Crippen molar-refractivity contribution in [1.29, 1.82) is 0 Å². The molecule has 0 N–H and O–H groups in total. The van der Waals surface area contributed by atoms with Gasteiger partial charge in [0.2, 0.25) is 10.0 Å². The molecule has 1 aliphatic heterocycles. The molecule has 0 bridgehead atoms. The van der Waals surface area contributed by atoms with Crippen LogP contribution in [0.15, 0.2) is 53.4 Å². The SMILES string of the molecule is COc1ccc(C2CCCCN(S(=O)(=O)c3ccc([N+](=O)[O-])cc3)C2)cc1. The maximum absolute atomic E-state index is 13.0. The molecule has 0 aliphatic carbocycles. The van der Waals surface area contributed by atoms with Gasteiger partial charge >= 0.3 is 0 Å². The smallest absolute Gasteiger partial charge is 0.269 e. The highest BCUT2D eigenvalue weighted by molar-refractivity contribution is 7.89. The van der Waals surface area contributed by atoms with Crippen LogP contribution in [0.2, 0.25) is 0 Å². The van der Waals surface area contributed by atoms with Gasteiger partial charge in [-0.3, -0.25) is 10.1 Å². The number of nitro benzene ring substituents is 1. The van der Waals surface area contributed by atoms with Crippen LogP contribution in [0.3, 0.4) is 0 Å². The Kier molecular flexibility index (Phi) is 5.76. The third kappa shape index (κ3) is 4.28. The molecular formula is C19H22N2O5S. The average molecular weight is 390 g/mol. The fraction of sp³-hybridized carbons (Fsp3) is 0.368. The number of nitro groups is 1. The Morgan fingerprint density at radius 3 is 2.33 bits per heavy atom. The number of nitrogens with zero attached hydrogens (tertiary/aromatic N) is 2. The second kappa shape index (κ2) is 8.06. The minimum Gasteiger partial charge on any atom is -0.497 e. The van der Waals surface area contributed by atoms with Crippen molar-refractivity contribution in [3.05, 3.63) is 64.2 Å². The second-order valence-corrected chi connectivity index (χ2v) is 8.52. The summed E-state index contributed by atoms with van der Waals surface area (Å²) in [5, 5.41) is 10.8. The second-order valence-electron chi connectivity index (χ2n) is 6.58. The van der Waals surface area contributed by atoms with E-state index in [4.69, 9.17) is 4.74 Å². The van der Waals surface area contributed by atoms with Crippen LogP contribution in [0.5, 0.6) is 5.75 Å². The molecule has 0 spiro atoms. The van der Waals surface area contributed by atoms with Crippen LogP contribution < -0.4 is 4.74 Å². The molecule has 0 aromatic heterocycles. The van der Waals surface area contributed by atoms with E-state index >= 15 is 0 Å². The van der Waals surface area contributed by atoms with E-state index in [1.807, 2.05) is 24.3 Å². The molecule has 1 heterocycles. The Morgan fingerprint density at radius 2 is 1.74 bits per heavy atom. The van der Waals surface area contributed by atoms with E-state index in [9.17, 15) is 18.5 Å². The largest absolute Gasteiger partial charge is 0.497 e. The molecule has 1 unspecified atom stereocenters. The number of benzene rings is 2. The molecule has 144 valence electrons. The normalized spacial score (nSPS) is 18.6. The summed E-state index contributed by atoms with van der Waals surface area (Å²) in [5.41, 5.74) is 0.961. The lowest BCUT2D eigenvalue weighted by Gasteiger charge is -2.24. The van der Waals surface area contributed by atoms with Crippen molar-refractivity contribution in [2.75, 3.05) is 20.2 Å². The van der Waals surface area contributed by atoms with Crippen molar-refractivity contribution in [2.24, 2.45) is 0 Å². The molecule has 2 aromatic rings. The Balaban J connectivity index is 1.84. The van der Waals surface area contributed by atoms with Gasteiger partial charge in [-0.2, -0.15) is 4.31 Å². The summed E-state index contributed by atoms with van der Waals surface area (Å²) < 4.78 is 32.8. The van der Waals surface area contributed by atoms with E-state index in [0.717, 1.165) is 30.6 Å². The van der Waals surface area contributed by atoms with Crippen molar-refractivity contribution in [2.45, 2.75) is 30.1 Å². The van der Waals surface area contributed by atoms with E-state index < -0.39 is 14.9 Å². The number of ether oxygens (including phenoxy) is 1. The molecule has 0 saturated carbocycles. The van der Waals surface area contributed by atoms with Crippen LogP contribution in [0.1, 0.15) is 30.7 Å². The molecule has 8 heteroatoms. The third-order valence-electron chi connectivity index (χ3n) is 4.91. The first kappa shape index (κ1) is 19.3. The fourth-order valence-electron chi connectivity index (χ4n) is 3.36. The lowest BCUT2D eigenvalue weighted by molar-refractivity contribution is -0.384. The first-order valence-electron chi connectivity index (χ1n) is 8.80. The predicted octanol–water partition coefficient (Wildman–Crippen LogP) is 3.56. The van der Waals surface area contributed by atoms with Gasteiger partial charge in [-0.25, -0.2) is 8.42 Å². The van der Waals surface area contributed by atoms with E-state index in [0.29, 0.717) is 13.1 Å². The van der Waals surface area contributed by atoms with Crippen LogP contribution in [0.25, 0.3) is 0 Å². The highest BCUT2D eigenvalue weighted by Gasteiger charge is 2.29. The van der Waals surface area contributed by atoms with Gasteiger partial charge in [0.25, 0.3) is 5.69 Å². The molecule has 27 heavy (non-hydrogen) atoms. The summed E-state index contributed by atoms with van der Waals surface area (Å²) in [4.78, 5) is 10.3. The highest BCUT2D eigenvalue weighted by Crippen LogP contribution is 2.31. The van der Waals surface area contributed by atoms with Crippen molar-refractivity contribution >= 4 is 15.7 Å². The van der Waals surface area contributed by atoms with E-state index in [-0.39, 0.29) is 16.5 Å². The number of non-ortho nitro benzene ring substituents is 1. The van der Waals surface area contributed by atoms with Gasteiger partial charge in [-0.15, -0.1) is 0 Å². The monoisotopic (exact) mass is 390 g/mol. The molecule has 2 aromatic carbocycles. The Morgan fingerprint density at radius 1 is 1.07 bits per heavy atom. The minimum atomic E-state index is -3.70. The van der Waals surface area contributed by atoms with Gasteiger partial charge in [0.05, 0.1) is 16.9 Å². The molecule has 1 saturated heterocycles. The number of hydrogen-bond donors (Lipinski definition) is 0. The van der Waals surface area contributed by atoms with Gasteiger partial charge in [0.15, 0.2) is 0 Å². The van der Waals surface area contributed by atoms with Crippen LogP contribution in [0, 0.1) is 10.1 Å². The van der Waals surface area contributed by atoms with Crippen molar-refractivity contribution < 1.29 is 18.1 Å². The zero-order valence-electron chi connectivity index (χ0n) is 15.1. The van der Waals surface area contributed by atoms with Crippen molar-refractivity contribution in [3.63, 3.8) is 0 Å². The zero-order valence-corrected chi connectivity index (χ0v) is 15.9. The van der Waals surface area contributed by atoms with Gasteiger partial charge in [0, 0.05) is 25.2 Å². The maximum Gasteiger partial charge on any atom is 0.269 e. The summed E-state index contributed by atoms with van der Waals surface area (Å²) in [6.45, 7) is 0.845. The third-order valence-corrected chi connectivity index (χ3v) is 6.79. The van der Waals surface area contributed by atoms with Crippen LogP contribution >= 0.6 is 0 Å². The Labute approximate surface area is 158 Å². The summed E-state index contributed by atoms with van der Waals surface area (Å²) >= 11 is 0. The molecule has 0 radical (unpaired) electrons. The van der Waals surface area contributed by atoms with Gasteiger partial charge in [0.1, 0.15) is 5.75 Å². The first-order chi connectivity index (χ1) is 12.9. The van der Waals surface area contributed by atoms with E-state index in [2.05, 4.69) is 0 Å². The highest BCUT2D eigenvalue weighted by atomic mass is 32.2. The number of methoxy groups -OCH3 is 1.